The summed E-state index contributed by atoms with van der Waals surface area (Å²) in [6.45, 7) is 8.70. The Labute approximate surface area is 108 Å². The molecule has 18 heavy (non-hydrogen) atoms. The molecule has 0 amide bonds. The fraction of sp³-hybridized carbons (Fsp3) is 0.533. The minimum atomic E-state index is -0.661. The molecule has 1 aromatic rings. The van der Waals surface area contributed by atoms with Gasteiger partial charge in [-0.05, 0) is 36.5 Å². The Morgan fingerprint density at radius 2 is 2.11 bits per heavy atom. The first-order valence-electron chi connectivity index (χ1n) is 6.49. The Morgan fingerprint density at radius 1 is 1.39 bits per heavy atom. The zero-order valence-electron chi connectivity index (χ0n) is 11.3. The van der Waals surface area contributed by atoms with Crippen LogP contribution in [0.3, 0.4) is 0 Å². The second-order valence-electron chi connectivity index (χ2n) is 5.48. The maximum atomic E-state index is 11.1. The molecule has 3 heteroatoms. The third-order valence-corrected chi connectivity index (χ3v) is 4.12. The molecule has 0 saturated carbocycles. The van der Waals surface area contributed by atoms with Crippen molar-refractivity contribution in [2.45, 2.75) is 27.3 Å². The van der Waals surface area contributed by atoms with Gasteiger partial charge in [0.1, 0.15) is 0 Å². The van der Waals surface area contributed by atoms with E-state index in [-0.39, 0.29) is 11.8 Å². The van der Waals surface area contributed by atoms with E-state index in [1.165, 1.54) is 16.7 Å². The summed E-state index contributed by atoms with van der Waals surface area (Å²) in [7, 11) is 0. The van der Waals surface area contributed by atoms with E-state index in [0.29, 0.717) is 6.54 Å². The summed E-state index contributed by atoms with van der Waals surface area (Å²) in [4.78, 5) is 13.4. The SMILES string of the molecule is Cc1cccc(CN2CC(C)C(C(=O)O)C2)c1C. The van der Waals surface area contributed by atoms with Gasteiger partial charge in [0.05, 0.1) is 5.92 Å². The molecule has 2 atom stereocenters. The van der Waals surface area contributed by atoms with Crippen LogP contribution in [0.15, 0.2) is 18.2 Å². The third kappa shape index (κ3) is 2.56. The highest BCUT2D eigenvalue weighted by molar-refractivity contribution is 5.71. The Kier molecular flexibility index (Phi) is 3.71. The highest BCUT2D eigenvalue weighted by Gasteiger charge is 2.34. The monoisotopic (exact) mass is 247 g/mol. The van der Waals surface area contributed by atoms with Crippen molar-refractivity contribution in [1.82, 2.24) is 4.90 Å². The van der Waals surface area contributed by atoms with E-state index in [4.69, 9.17) is 5.11 Å². The van der Waals surface area contributed by atoms with Crippen molar-refractivity contribution < 1.29 is 9.90 Å². The van der Waals surface area contributed by atoms with Gasteiger partial charge in [-0.2, -0.15) is 0 Å². The maximum absolute atomic E-state index is 11.1. The van der Waals surface area contributed by atoms with E-state index < -0.39 is 5.97 Å². The van der Waals surface area contributed by atoms with Crippen LogP contribution in [-0.4, -0.2) is 29.1 Å². The first-order chi connectivity index (χ1) is 8.49. The number of aryl methyl sites for hydroxylation is 1. The van der Waals surface area contributed by atoms with E-state index in [2.05, 4.69) is 36.9 Å². The summed E-state index contributed by atoms with van der Waals surface area (Å²) in [5.41, 5.74) is 3.94. The number of carboxylic acid groups (broad SMARTS) is 1. The summed E-state index contributed by atoms with van der Waals surface area (Å²) in [5, 5.41) is 9.14. The van der Waals surface area contributed by atoms with Gasteiger partial charge < -0.3 is 5.11 Å². The van der Waals surface area contributed by atoms with Crippen LogP contribution in [0.25, 0.3) is 0 Å². The summed E-state index contributed by atoms with van der Waals surface area (Å²) in [6.07, 6.45) is 0. The first-order valence-corrected chi connectivity index (χ1v) is 6.49. The predicted octanol–water partition coefficient (Wildman–Crippen LogP) is 2.46. The van der Waals surface area contributed by atoms with Gasteiger partial charge in [0, 0.05) is 19.6 Å². The van der Waals surface area contributed by atoms with Gasteiger partial charge in [0.2, 0.25) is 0 Å². The molecule has 0 radical (unpaired) electrons. The zero-order chi connectivity index (χ0) is 13.3. The fourth-order valence-electron chi connectivity index (χ4n) is 2.74. The smallest absolute Gasteiger partial charge is 0.308 e. The summed E-state index contributed by atoms with van der Waals surface area (Å²) in [6, 6.07) is 6.33. The van der Waals surface area contributed by atoms with Gasteiger partial charge >= 0.3 is 5.97 Å². The summed E-state index contributed by atoms with van der Waals surface area (Å²) < 4.78 is 0. The largest absolute Gasteiger partial charge is 0.481 e. The molecule has 0 spiro atoms. The van der Waals surface area contributed by atoms with E-state index in [1.54, 1.807) is 0 Å². The molecule has 2 rings (SSSR count). The standard InChI is InChI=1S/C15H21NO2/c1-10-5-4-6-13(12(10)3)8-16-7-11(2)14(9-16)15(17)18/h4-6,11,14H,7-9H2,1-3H3,(H,17,18). The molecule has 1 aromatic carbocycles. The molecule has 0 aromatic heterocycles. The van der Waals surface area contributed by atoms with Crippen LogP contribution in [0.5, 0.6) is 0 Å². The maximum Gasteiger partial charge on any atom is 0.308 e. The lowest BCUT2D eigenvalue weighted by atomic mass is 9.99. The number of carboxylic acids is 1. The van der Waals surface area contributed by atoms with Crippen molar-refractivity contribution in [3.05, 3.63) is 34.9 Å². The second kappa shape index (κ2) is 5.11. The molecule has 1 saturated heterocycles. The van der Waals surface area contributed by atoms with Gasteiger partial charge in [-0.3, -0.25) is 9.69 Å². The molecule has 3 nitrogen and oxygen atoms in total. The number of hydrogen-bond donors (Lipinski definition) is 1. The van der Waals surface area contributed by atoms with Crippen molar-refractivity contribution in [3.8, 4) is 0 Å². The average Bonchev–Trinajstić information content (AvgIpc) is 2.66. The lowest BCUT2D eigenvalue weighted by Gasteiger charge is -2.17. The zero-order valence-corrected chi connectivity index (χ0v) is 11.3. The molecule has 1 aliphatic rings. The van der Waals surface area contributed by atoms with E-state index in [1.807, 2.05) is 6.92 Å². The number of carbonyl (C=O) groups is 1. The first kappa shape index (κ1) is 13.1. The van der Waals surface area contributed by atoms with Crippen LogP contribution in [0.2, 0.25) is 0 Å². The number of nitrogens with zero attached hydrogens (tertiary/aromatic N) is 1. The molecule has 1 heterocycles. The number of likely N-dealkylation sites (tertiary alicyclic amines) is 1. The average molecular weight is 247 g/mol. The highest BCUT2D eigenvalue weighted by Crippen LogP contribution is 2.25. The molecule has 98 valence electrons. The lowest BCUT2D eigenvalue weighted by molar-refractivity contribution is -0.142. The highest BCUT2D eigenvalue weighted by atomic mass is 16.4. The van der Waals surface area contributed by atoms with Crippen LogP contribution in [0.1, 0.15) is 23.6 Å². The van der Waals surface area contributed by atoms with Gasteiger partial charge in [-0.15, -0.1) is 0 Å². The van der Waals surface area contributed by atoms with Crippen LogP contribution in [0.4, 0.5) is 0 Å². The van der Waals surface area contributed by atoms with Crippen molar-refractivity contribution in [1.29, 1.82) is 0 Å². The van der Waals surface area contributed by atoms with Crippen LogP contribution >= 0.6 is 0 Å². The Hall–Kier alpha value is -1.35. The van der Waals surface area contributed by atoms with Gasteiger partial charge in [0.25, 0.3) is 0 Å². The number of hydrogen-bond acceptors (Lipinski definition) is 2. The molecular weight excluding hydrogens is 226 g/mol. The third-order valence-electron chi connectivity index (χ3n) is 4.12. The predicted molar refractivity (Wildman–Crippen MR) is 71.5 cm³/mol. The molecule has 2 unspecified atom stereocenters. The fourth-order valence-corrected chi connectivity index (χ4v) is 2.74. The normalized spacial score (nSPS) is 24.4. The van der Waals surface area contributed by atoms with Crippen LogP contribution in [0, 0.1) is 25.7 Å². The molecule has 1 N–H and O–H groups in total. The van der Waals surface area contributed by atoms with Gasteiger partial charge in [0.15, 0.2) is 0 Å². The minimum absolute atomic E-state index is 0.213. The molecule has 1 fully saturated rings. The number of benzene rings is 1. The van der Waals surface area contributed by atoms with Crippen molar-refractivity contribution in [3.63, 3.8) is 0 Å². The van der Waals surface area contributed by atoms with Crippen molar-refractivity contribution >= 4 is 5.97 Å². The number of rotatable bonds is 3. The quantitative estimate of drug-likeness (QED) is 0.892. The van der Waals surface area contributed by atoms with Gasteiger partial charge in [-0.1, -0.05) is 25.1 Å². The molecule has 0 bridgehead atoms. The second-order valence-corrected chi connectivity index (χ2v) is 5.48. The van der Waals surface area contributed by atoms with Gasteiger partial charge in [-0.25, -0.2) is 0 Å². The lowest BCUT2D eigenvalue weighted by Crippen LogP contribution is -2.23. The van der Waals surface area contributed by atoms with Crippen molar-refractivity contribution in [2.24, 2.45) is 11.8 Å². The van der Waals surface area contributed by atoms with Crippen LogP contribution < -0.4 is 0 Å². The van der Waals surface area contributed by atoms with E-state index >= 15 is 0 Å². The number of aliphatic carboxylic acids is 1. The Balaban J connectivity index is 2.07. The van der Waals surface area contributed by atoms with E-state index in [9.17, 15) is 4.79 Å². The molecule has 0 aliphatic carbocycles. The summed E-state index contributed by atoms with van der Waals surface area (Å²) >= 11 is 0. The van der Waals surface area contributed by atoms with Crippen molar-refractivity contribution in [2.75, 3.05) is 13.1 Å². The molecule has 1 aliphatic heterocycles. The summed E-state index contributed by atoms with van der Waals surface area (Å²) in [5.74, 6) is -0.631. The topological polar surface area (TPSA) is 40.5 Å². The van der Waals surface area contributed by atoms with E-state index in [0.717, 1.165) is 13.1 Å². The Morgan fingerprint density at radius 3 is 2.72 bits per heavy atom. The van der Waals surface area contributed by atoms with Crippen LogP contribution in [-0.2, 0) is 11.3 Å². The Bertz CT molecular complexity index is 456. The minimum Gasteiger partial charge on any atom is -0.481 e. The molecular formula is C15H21NO2.